The second-order valence-corrected chi connectivity index (χ2v) is 9.32. The van der Waals surface area contributed by atoms with E-state index in [4.69, 9.17) is 47.0 Å². The molecule has 29 heavy (non-hydrogen) atoms. The monoisotopic (exact) mass is 537 g/mol. The van der Waals surface area contributed by atoms with E-state index in [1.165, 1.54) is 7.11 Å². The molecule has 0 saturated carbocycles. The average molecular weight is 540 g/mol. The molecule has 0 heterocycles. The van der Waals surface area contributed by atoms with Crippen molar-refractivity contribution < 1.29 is 14.3 Å². The molecule has 0 aliphatic carbocycles. The first-order chi connectivity index (χ1) is 13.6. The first-order valence-electron chi connectivity index (χ1n) is 7.99. The molecule has 0 aliphatic rings. The van der Waals surface area contributed by atoms with E-state index in [0.29, 0.717) is 16.8 Å². The molecule has 6 nitrogen and oxygen atoms in total. The summed E-state index contributed by atoms with van der Waals surface area (Å²) >= 11 is 26.5. The van der Waals surface area contributed by atoms with Crippen molar-refractivity contribution in [1.82, 2.24) is 10.6 Å². The molecule has 0 spiro atoms. The lowest BCUT2D eigenvalue weighted by atomic mass is 10.2. The molecular weight excluding hydrogens is 525 g/mol. The normalized spacial score (nSPS) is 11.9. The van der Waals surface area contributed by atoms with Crippen molar-refractivity contribution in [2.24, 2.45) is 0 Å². The first-order valence-corrected chi connectivity index (χ1v) is 10.3. The third-order valence-corrected chi connectivity index (χ3v) is 4.95. The number of hydrogen-bond acceptors (Lipinski definition) is 4. The van der Waals surface area contributed by atoms with Crippen molar-refractivity contribution in [3.8, 4) is 0 Å². The van der Waals surface area contributed by atoms with Gasteiger partial charge >= 0.3 is 5.97 Å². The van der Waals surface area contributed by atoms with Crippen molar-refractivity contribution in [2.75, 3.05) is 12.4 Å². The third-order valence-electron chi connectivity index (χ3n) is 3.55. The molecule has 0 radical (unpaired) electrons. The molecule has 0 saturated heterocycles. The van der Waals surface area contributed by atoms with Crippen LogP contribution >= 0.6 is 63.0 Å². The number of thiocarbonyl (C=S) groups is 1. The van der Waals surface area contributed by atoms with Gasteiger partial charge in [-0.05, 0) is 60.7 Å². The Bertz CT molecular complexity index is 890. The number of methoxy groups -OCH3 is 1. The molecule has 3 N–H and O–H groups in total. The van der Waals surface area contributed by atoms with E-state index in [-0.39, 0.29) is 5.11 Å². The maximum Gasteiger partial charge on any atom is 0.337 e. The zero-order chi connectivity index (χ0) is 21.6. The quantitative estimate of drug-likeness (QED) is 0.222. The molecule has 0 aliphatic heterocycles. The van der Waals surface area contributed by atoms with E-state index >= 15 is 0 Å². The van der Waals surface area contributed by atoms with Crippen molar-refractivity contribution in [1.29, 1.82) is 0 Å². The van der Waals surface area contributed by atoms with Crippen LogP contribution in [0.2, 0.25) is 0 Å². The van der Waals surface area contributed by atoms with Crippen LogP contribution in [-0.4, -0.2) is 34.1 Å². The second kappa shape index (κ2) is 10.4. The molecule has 1 atom stereocenters. The fraction of sp³-hybridized carbons (Fsp3) is 0.167. The van der Waals surface area contributed by atoms with Gasteiger partial charge in [0, 0.05) is 15.7 Å². The molecule has 1 amide bonds. The van der Waals surface area contributed by atoms with E-state index in [1.54, 1.807) is 48.5 Å². The Labute approximate surface area is 196 Å². The van der Waals surface area contributed by atoms with Crippen LogP contribution in [0, 0.1) is 0 Å². The molecule has 0 unspecified atom stereocenters. The first kappa shape index (κ1) is 23.7. The van der Waals surface area contributed by atoms with E-state index in [2.05, 4.69) is 36.6 Å². The zero-order valence-corrected chi connectivity index (χ0v) is 19.5. The second-order valence-electron chi connectivity index (χ2n) is 5.62. The van der Waals surface area contributed by atoms with E-state index in [9.17, 15) is 9.59 Å². The molecule has 2 aromatic rings. The van der Waals surface area contributed by atoms with E-state index in [1.807, 2.05) is 0 Å². The molecule has 0 aromatic heterocycles. The van der Waals surface area contributed by atoms with Crippen molar-refractivity contribution >= 4 is 85.6 Å². The zero-order valence-electron chi connectivity index (χ0n) is 14.8. The maximum absolute atomic E-state index is 12.4. The molecular formula is C18H15BrCl3N3O3S. The van der Waals surface area contributed by atoms with Gasteiger partial charge in [-0.15, -0.1) is 0 Å². The summed E-state index contributed by atoms with van der Waals surface area (Å²) in [5.41, 5.74) is 1.35. The molecule has 2 rings (SSSR count). The highest BCUT2D eigenvalue weighted by atomic mass is 79.9. The highest BCUT2D eigenvalue weighted by Gasteiger charge is 2.34. The fourth-order valence-electron chi connectivity index (χ4n) is 2.12. The molecule has 11 heteroatoms. The number of rotatable bonds is 5. The smallest absolute Gasteiger partial charge is 0.337 e. The number of hydrogen-bond donors (Lipinski definition) is 3. The number of alkyl halides is 3. The Morgan fingerprint density at radius 3 is 2.07 bits per heavy atom. The summed E-state index contributed by atoms with van der Waals surface area (Å²) in [6, 6.07) is 13.1. The summed E-state index contributed by atoms with van der Waals surface area (Å²) in [5.74, 6) is -0.907. The predicted molar refractivity (Wildman–Crippen MR) is 123 cm³/mol. The van der Waals surface area contributed by atoms with Gasteiger partial charge in [0.1, 0.15) is 6.17 Å². The predicted octanol–water partition coefficient (Wildman–Crippen LogP) is 4.65. The lowest BCUT2D eigenvalue weighted by Gasteiger charge is -2.27. The molecule has 0 bridgehead atoms. The summed E-state index contributed by atoms with van der Waals surface area (Å²) in [5, 5.41) is 8.33. The van der Waals surface area contributed by atoms with E-state index < -0.39 is 21.8 Å². The SMILES string of the molecule is COC(=O)c1ccc(NC(=S)N[C@@H](NC(=O)c2ccc(Br)cc2)C(Cl)(Cl)Cl)cc1. The number of nitrogens with one attached hydrogen (secondary N) is 3. The van der Waals surface area contributed by atoms with Crippen LogP contribution in [0.4, 0.5) is 5.69 Å². The minimum Gasteiger partial charge on any atom is -0.465 e. The van der Waals surface area contributed by atoms with Crippen LogP contribution in [-0.2, 0) is 4.74 Å². The Morgan fingerprint density at radius 2 is 1.55 bits per heavy atom. The number of ether oxygens (including phenoxy) is 1. The van der Waals surface area contributed by atoms with Gasteiger partial charge in [0.15, 0.2) is 5.11 Å². The highest BCUT2D eigenvalue weighted by molar-refractivity contribution is 9.10. The fourth-order valence-corrected chi connectivity index (χ4v) is 2.95. The van der Waals surface area contributed by atoms with Gasteiger partial charge < -0.3 is 20.7 Å². The van der Waals surface area contributed by atoms with Gasteiger partial charge in [-0.1, -0.05) is 50.7 Å². The van der Waals surface area contributed by atoms with Crippen LogP contribution in [0.3, 0.4) is 0 Å². The van der Waals surface area contributed by atoms with Gasteiger partial charge in [0.25, 0.3) is 5.91 Å². The number of carbonyl (C=O) groups is 2. The summed E-state index contributed by atoms with van der Waals surface area (Å²) in [7, 11) is 1.30. The Morgan fingerprint density at radius 1 is 1.00 bits per heavy atom. The number of amides is 1. The lowest BCUT2D eigenvalue weighted by Crippen LogP contribution is -2.56. The topological polar surface area (TPSA) is 79.5 Å². The molecule has 2 aromatic carbocycles. The largest absolute Gasteiger partial charge is 0.465 e. The average Bonchev–Trinajstić information content (AvgIpc) is 2.67. The summed E-state index contributed by atoms with van der Waals surface area (Å²) < 4.78 is 3.59. The van der Waals surface area contributed by atoms with Crippen molar-refractivity contribution in [3.63, 3.8) is 0 Å². The van der Waals surface area contributed by atoms with Crippen LogP contribution in [0.5, 0.6) is 0 Å². The van der Waals surface area contributed by atoms with Gasteiger partial charge in [-0.25, -0.2) is 4.79 Å². The van der Waals surface area contributed by atoms with Crippen molar-refractivity contribution in [2.45, 2.75) is 9.96 Å². The van der Waals surface area contributed by atoms with E-state index in [0.717, 1.165) is 4.47 Å². The number of benzene rings is 2. The van der Waals surface area contributed by atoms with Gasteiger partial charge in [-0.2, -0.15) is 0 Å². The number of esters is 1. The standard InChI is InChI=1S/C18H15BrCl3N3O3S/c1-28-15(27)11-4-8-13(9-5-11)23-17(29)25-16(18(20,21)22)24-14(26)10-2-6-12(19)7-3-10/h2-9,16H,1H3,(H,24,26)(H2,23,25,29)/t16-/m1/s1. The summed E-state index contributed by atoms with van der Waals surface area (Å²) in [6.07, 6.45) is -1.11. The number of carbonyl (C=O) groups excluding carboxylic acids is 2. The van der Waals surface area contributed by atoms with Crippen LogP contribution in [0.15, 0.2) is 53.0 Å². The van der Waals surface area contributed by atoms with Crippen LogP contribution in [0.25, 0.3) is 0 Å². The highest BCUT2D eigenvalue weighted by Crippen LogP contribution is 2.29. The van der Waals surface area contributed by atoms with Crippen molar-refractivity contribution in [3.05, 3.63) is 64.1 Å². The minimum atomic E-state index is -1.88. The number of anilines is 1. The van der Waals surface area contributed by atoms with Gasteiger partial charge in [0.05, 0.1) is 12.7 Å². The Balaban J connectivity index is 2.04. The minimum absolute atomic E-state index is 0.100. The van der Waals surface area contributed by atoms with Crippen LogP contribution < -0.4 is 16.0 Å². The van der Waals surface area contributed by atoms with Crippen LogP contribution in [0.1, 0.15) is 20.7 Å². The maximum atomic E-state index is 12.4. The van der Waals surface area contributed by atoms with Gasteiger partial charge in [0.2, 0.25) is 3.79 Å². The Hall–Kier alpha value is -1.58. The summed E-state index contributed by atoms with van der Waals surface area (Å²) in [6.45, 7) is 0. The third kappa shape index (κ3) is 7.31. The van der Waals surface area contributed by atoms with Gasteiger partial charge in [-0.3, -0.25) is 4.79 Å². The molecule has 154 valence electrons. The lowest BCUT2D eigenvalue weighted by molar-refractivity contribution is 0.0600. The summed E-state index contributed by atoms with van der Waals surface area (Å²) in [4.78, 5) is 23.9. The molecule has 0 fully saturated rings. The number of halogens is 4. The Kier molecular flexibility index (Phi) is 8.54.